The second-order valence-corrected chi connectivity index (χ2v) is 1.70. The molecule has 0 aliphatic carbocycles. The molecule has 2 N–H and O–H groups in total. The van der Waals surface area contributed by atoms with Gasteiger partial charge in [-0.15, -0.1) is 0 Å². The molecule has 0 amide bonds. The van der Waals surface area contributed by atoms with Crippen molar-refractivity contribution in [2.45, 2.75) is 20.1 Å². The van der Waals surface area contributed by atoms with Crippen LogP contribution >= 0.6 is 0 Å². The molecule has 0 bridgehead atoms. The maximum Gasteiger partial charge on any atom is 0.157 e. The van der Waals surface area contributed by atoms with Crippen molar-refractivity contribution in [3.05, 3.63) is 0 Å². The van der Waals surface area contributed by atoms with Gasteiger partial charge in [-0.1, -0.05) is 6.92 Å². The Morgan fingerprint density at radius 1 is 1.78 bits per heavy atom. The third kappa shape index (κ3) is 5.46. The van der Waals surface area contributed by atoms with Crippen molar-refractivity contribution in [1.29, 1.82) is 0 Å². The topological polar surface area (TPSA) is 44.6 Å². The summed E-state index contributed by atoms with van der Waals surface area (Å²) in [6.45, 7) is 5.19. The highest BCUT2D eigenvalue weighted by atomic mass is 16.3. The first-order valence-corrected chi connectivity index (χ1v) is 3.17. The molecule has 0 aliphatic rings. The van der Waals surface area contributed by atoms with E-state index in [9.17, 15) is 0 Å². The fourth-order valence-corrected chi connectivity index (χ4v) is 0.498. The van der Waals surface area contributed by atoms with Crippen LogP contribution in [0.2, 0.25) is 0 Å². The second kappa shape index (κ2) is 5.72. The predicted molar refractivity (Wildman–Crippen MR) is 38.7 cm³/mol. The van der Waals surface area contributed by atoms with E-state index in [-0.39, 0.29) is 0 Å². The fourth-order valence-electron chi connectivity index (χ4n) is 0.498. The molecule has 0 radical (unpaired) electrons. The summed E-state index contributed by atoms with van der Waals surface area (Å²) < 4.78 is 0. The summed E-state index contributed by atoms with van der Waals surface area (Å²) in [5, 5.41) is 11.9. The molecule has 0 saturated heterocycles. The molecule has 54 valence electrons. The molecule has 0 fully saturated rings. The van der Waals surface area contributed by atoms with Crippen LogP contribution in [0.1, 0.15) is 13.8 Å². The average Bonchev–Trinajstić information content (AvgIpc) is 1.85. The molecule has 0 aromatic heterocycles. The SMILES string of the molecule is CC=NC(O)CNCC. The Kier molecular flexibility index (Phi) is 5.46. The van der Waals surface area contributed by atoms with E-state index in [1.165, 1.54) is 0 Å². The summed E-state index contributed by atoms with van der Waals surface area (Å²) >= 11 is 0. The van der Waals surface area contributed by atoms with Gasteiger partial charge in [-0.3, -0.25) is 4.99 Å². The molecule has 9 heavy (non-hydrogen) atoms. The number of likely N-dealkylation sites (N-methyl/N-ethyl adjacent to an activating group) is 1. The molecule has 0 rings (SSSR count). The van der Waals surface area contributed by atoms with E-state index in [0.29, 0.717) is 6.54 Å². The van der Waals surface area contributed by atoms with Gasteiger partial charge in [0.05, 0.1) is 0 Å². The number of aliphatic hydroxyl groups is 1. The lowest BCUT2D eigenvalue weighted by molar-refractivity contribution is 0.183. The Morgan fingerprint density at radius 2 is 2.44 bits per heavy atom. The first-order valence-electron chi connectivity index (χ1n) is 3.17. The van der Waals surface area contributed by atoms with E-state index in [1.807, 2.05) is 6.92 Å². The predicted octanol–water partition coefficient (Wildman–Crippen LogP) is 0.00500. The minimum Gasteiger partial charge on any atom is -0.371 e. The largest absolute Gasteiger partial charge is 0.371 e. The number of rotatable bonds is 4. The van der Waals surface area contributed by atoms with Crippen molar-refractivity contribution in [3.63, 3.8) is 0 Å². The lowest BCUT2D eigenvalue weighted by atomic mass is 10.5. The molecule has 1 unspecified atom stereocenters. The van der Waals surface area contributed by atoms with Crippen molar-refractivity contribution < 1.29 is 5.11 Å². The Balaban J connectivity index is 3.15. The van der Waals surface area contributed by atoms with Gasteiger partial charge in [0.1, 0.15) is 0 Å². The third-order valence-electron chi connectivity index (χ3n) is 0.898. The quantitative estimate of drug-likeness (QED) is 0.526. The highest BCUT2D eigenvalue weighted by Crippen LogP contribution is 1.79. The zero-order chi connectivity index (χ0) is 7.11. The molecular formula is C6H14N2O. The molecule has 0 spiro atoms. The lowest BCUT2D eigenvalue weighted by Gasteiger charge is -2.03. The molecule has 0 aliphatic heterocycles. The van der Waals surface area contributed by atoms with Crippen molar-refractivity contribution >= 4 is 6.21 Å². The minimum absolute atomic E-state index is 0.542. The Bertz CT molecular complexity index is 83.1. The zero-order valence-corrected chi connectivity index (χ0v) is 5.96. The fraction of sp³-hybridized carbons (Fsp3) is 0.833. The van der Waals surface area contributed by atoms with Crippen LogP contribution in [0.4, 0.5) is 0 Å². The standard InChI is InChI=1S/C6H14N2O/c1-3-7-5-6(9)8-4-2/h4,6-7,9H,3,5H2,1-2H3. The van der Waals surface area contributed by atoms with Crippen molar-refractivity contribution in [2.24, 2.45) is 4.99 Å². The van der Waals surface area contributed by atoms with E-state index >= 15 is 0 Å². The maximum absolute atomic E-state index is 8.92. The molecule has 0 aromatic carbocycles. The van der Waals surface area contributed by atoms with Crippen molar-refractivity contribution in [2.75, 3.05) is 13.1 Å². The number of hydrogen-bond donors (Lipinski definition) is 2. The molecule has 0 aromatic rings. The number of hydrogen-bond acceptors (Lipinski definition) is 3. The molecule has 3 nitrogen and oxygen atoms in total. The van der Waals surface area contributed by atoms with Crippen LogP contribution in [-0.4, -0.2) is 30.6 Å². The van der Waals surface area contributed by atoms with E-state index in [4.69, 9.17) is 5.11 Å². The highest BCUT2D eigenvalue weighted by Gasteiger charge is 1.94. The van der Waals surface area contributed by atoms with E-state index in [2.05, 4.69) is 10.3 Å². The van der Waals surface area contributed by atoms with Gasteiger partial charge in [-0.05, 0) is 19.7 Å². The average molecular weight is 130 g/mol. The number of nitrogens with one attached hydrogen (secondary N) is 1. The Labute approximate surface area is 55.8 Å². The van der Waals surface area contributed by atoms with E-state index in [1.54, 1.807) is 13.1 Å². The third-order valence-corrected chi connectivity index (χ3v) is 0.898. The van der Waals surface area contributed by atoms with Gasteiger partial charge in [0.2, 0.25) is 0 Å². The van der Waals surface area contributed by atoms with Crippen molar-refractivity contribution in [3.8, 4) is 0 Å². The Hall–Kier alpha value is -0.410. The summed E-state index contributed by atoms with van der Waals surface area (Å²) in [7, 11) is 0. The number of nitrogens with zero attached hydrogens (tertiary/aromatic N) is 1. The molecule has 3 heteroatoms. The number of aliphatic imine (C=N–C) groups is 1. The first-order chi connectivity index (χ1) is 4.31. The second-order valence-electron chi connectivity index (χ2n) is 1.70. The summed E-state index contributed by atoms with van der Waals surface area (Å²) in [4.78, 5) is 3.73. The monoisotopic (exact) mass is 130 g/mol. The van der Waals surface area contributed by atoms with Crippen LogP contribution in [0, 0.1) is 0 Å². The summed E-state index contributed by atoms with van der Waals surface area (Å²) in [5.74, 6) is 0. The molecule has 0 heterocycles. The van der Waals surface area contributed by atoms with E-state index < -0.39 is 6.23 Å². The summed E-state index contributed by atoms with van der Waals surface area (Å²) in [6, 6.07) is 0. The van der Waals surface area contributed by atoms with Gasteiger partial charge >= 0.3 is 0 Å². The zero-order valence-electron chi connectivity index (χ0n) is 5.96. The van der Waals surface area contributed by atoms with Gasteiger partial charge in [0.25, 0.3) is 0 Å². The van der Waals surface area contributed by atoms with E-state index in [0.717, 1.165) is 6.54 Å². The number of aliphatic hydroxyl groups excluding tert-OH is 1. The lowest BCUT2D eigenvalue weighted by Crippen LogP contribution is -2.24. The minimum atomic E-state index is -0.574. The van der Waals surface area contributed by atoms with Crippen LogP contribution in [0.5, 0.6) is 0 Å². The van der Waals surface area contributed by atoms with Gasteiger partial charge in [-0.25, -0.2) is 0 Å². The normalized spacial score (nSPS) is 14.6. The van der Waals surface area contributed by atoms with Crippen molar-refractivity contribution in [1.82, 2.24) is 5.32 Å². The van der Waals surface area contributed by atoms with Crippen LogP contribution < -0.4 is 5.32 Å². The van der Waals surface area contributed by atoms with Crippen LogP contribution in [0.3, 0.4) is 0 Å². The summed E-state index contributed by atoms with van der Waals surface area (Å²) in [6.07, 6.45) is 1.03. The first kappa shape index (κ1) is 8.59. The Morgan fingerprint density at radius 3 is 2.89 bits per heavy atom. The van der Waals surface area contributed by atoms with Gasteiger partial charge in [-0.2, -0.15) is 0 Å². The smallest absolute Gasteiger partial charge is 0.157 e. The molecule has 1 atom stereocenters. The van der Waals surface area contributed by atoms with Gasteiger partial charge in [0, 0.05) is 6.54 Å². The van der Waals surface area contributed by atoms with Crippen LogP contribution in [0.25, 0.3) is 0 Å². The van der Waals surface area contributed by atoms with Gasteiger partial charge < -0.3 is 10.4 Å². The maximum atomic E-state index is 8.92. The highest BCUT2D eigenvalue weighted by molar-refractivity contribution is 5.53. The van der Waals surface area contributed by atoms with Crippen LogP contribution in [-0.2, 0) is 0 Å². The molecular weight excluding hydrogens is 116 g/mol. The van der Waals surface area contributed by atoms with Gasteiger partial charge in [0.15, 0.2) is 6.23 Å². The van der Waals surface area contributed by atoms with Crippen LogP contribution in [0.15, 0.2) is 4.99 Å². The molecule has 0 saturated carbocycles. The summed E-state index contributed by atoms with van der Waals surface area (Å²) in [5.41, 5.74) is 0.